The van der Waals surface area contributed by atoms with Crippen molar-refractivity contribution >= 4 is 11.8 Å². The van der Waals surface area contributed by atoms with Gasteiger partial charge in [-0.3, -0.25) is 0 Å². The van der Waals surface area contributed by atoms with E-state index < -0.39 is 11.6 Å². The molecule has 0 saturated carbocycles. The van der Waals surface area contributed by atoms with Gasteiger partial charge in [-0.05, 0) is 13.2 Å². The Labute approximate surface area is 81.6 Å². The number of thioether (sulfide) groups is 1. The summed E-state index contributed by atoms with van der Waals surface area (Å²) in [7, 11) is 0. The second-order valence-electron chi connectivity index (χ2n) is 2.05. The fourth-order valence-electron chi connectivity index (χ4n) is 0.680. The first-order valence-corrected chi connectivity index (χ1v) is 5.24. The topological polar surface area (TPSA) is 12.9 Å². The Morgan fingerprint density at radius 2 is 1.77 bits per heavy atom. The van der Waals surface area contributed by atoms with Crippen molar-refractivity contribution in [1.29, 1.82) is 0 Å². The largest absolute Gasteiger partial charge is 0.241 e. The molecular formula is C9H13F2NS. The fourth-order valence-corrected chi connectivity index (χ4v) is 1.16. The number of aromatic nitrogens is 1. The quantitative estimate of drug-likeness (QED) is 0.651. The lowest BCUT2D eigenvalue weighted by Crippen LogP contribution is -1.93. The SMILES string of the molecule is CC.CSc1nc(C)c(F)cc1F. The minimum Gasteiger partial charge on any atom is -0.241 e. The maximum atomic E-state index is 12.7. The second-order valence-corrected chi connectivity index (χ2v) is 2.84. The summed E-state index contributed by atoms with van der Waals surface area (Å²) in [5.41, 5.74) is 0.232. The Morgan fingerprint density at radius 3 is 2.23 bits per heavy atom. The highest BCUT2D eigenvalue weighted by molar-refractivity contribution is 7.98. The van der Waals surface area contributed by atoms with Crippen molar-refractivity contribution < 1.29 is 8.78 Å². The number of hydrogen-bond acceptors (Lipinski definition) is 2. The maximum absolute atomic E-state index is 12.7. The van der Waals surface area contributed by atoms with E-state index in [2.05, 4.69) is 4.98 Å². The third-order valence-corrected chi connectivity index (χ3v) is 1.94. The summed E-state index contributed by atoms with van der Waals surface area (Å²) in [5.74, 6) is -1.19. The molecule has 13 heavy (non-hydrogen) atoms. The molecule has 0 saturated heterocycles. The van der Waals surface area contributed by atoms with E-state index in [1.807, 2.05) is 13.8 Å². The van der Waals surface area contributed by atoms with Crippen LogP contribution in [0.1, 0.15) is 19.5 Å². The average Bonchev–Trinajstić information content (AvgIpc) is 2.15. The lowest BCUT2D eigenvalue weighted by Gasteiger charge is -1.99. The van der Waals surface area contributed by atoms with E-state index in [0.29, 0.717) is 0 Å². The van der Waals surface area contributed by atoms with Crippen LogP contribution in [0.25, 0.3) is 0 Å². The third-order valence-electron chi connectivity index (χ3n) is 1.27. The average molecular weight is 205 g/mol. The Morgan fingerprint density at radius 1 is 1.23 bits per heavy atom. The van der Waals surface area contributed by atoms with Crippen molar-refractivity contribution in [2.24, 2.45) is 0 Å². The summed E-state index contributed by atoms with van der Waals surface area (Å²) in [6.45, 7) is 5.51. The van der Waals surface area contributed by atoms with Gasteiger partial charge in [-0.25, -0.2) is 13.8 Å². The first-order chi connectivity index (χ1) is 6.15. The van der Waals surface area contributed by atoms with E-state index in [9.17, 15) is 8.78 Å². The molecule has 0 N–H and O–H groups in total. The molecule has 0 radical (unpaired) electrons. The normalized spacial score (nSPS) is 9.08. The van der Waals surface area contributed by atoms with Crippen molar-refractivity contribution in [3.05, 3.63) is 23.4 Å². The van der Waals surface area contributed by atoms with Crippen LogP contribution < -0.4 is 0 Å². The highest BCUT2D eigenvalue weighted by Gasteiger charge is 2.06. The van der Waals surface area contributed by atoms with Crippen LogP contribution in [0.4, 0.5) is 8.78 Å². The van der Waals surface area contributed by atoms with Gasteiger partial charge in [0.1, 0.15) is 10.8 Å². The van der Waals surface area contributed by atoms with Crippen LogP contribution in [0.3, 0.4) is 0 Å². The predicted molar refractivity (Wildman–Crippen MR) is 52.0 cm³/mol. The molecule has 0 aliphatic rings. The van der Waals surface area contributed by atoms with Crippen molar-refractivity contribution in [3.8, 4) is 0 Å². The number of aryl methyl sites for hydroxylation is 1. The van der Waals surface area contributed by atoms with Crippen LogP contribution in [0.15, 0.2) is 11.1 Å². The summed E-state index contributed by atoms with van der Waals surface area (Å²) in [5, 5.41) is 0.240. The minimum atomic E-state index is -0.597. The molecule has 0 bridgehead atoms. The molecule has 0 amide bonds. The second kappa shape index (κ2) is 5.91. The third kappa shape index (κ3) is 3.30. The summed E-state index contributed by atoms with van der Waals surface area (Å²) < 4.78 is 25.3. The molecule has 1 nitrogen and oxygen atoms in total. The van der Waals surface area contributed by atoms with Crippen LogP contribution in [-0.2, 0) is 0 Å². The molecule has 0 fully saturated rings. The molecule has 1 aromatic rings. The van der Waals surface area contributed by atoms with Gasteiger partial charge in [0.25, 0.3) is 0 Å². The number of hydrogen-bond donors (Lipinski definition) is 0. The van der Waals surface area contributed by atoms with Gasteiger partial charge >= 0.3 is 0 Å². The van der Waals surface area contributed by atoms with Gasteiger partial charge in [-0.2, -0.15) is 0 Å². The van der Waals surface area contributed by atoms with Crippen molar-refractivity contribution in [2.75, 3.05) is 6.26 Å². The zero-order chi connectivity index (χ0) is 10.4. The summed E-state index contributed by atoms with van der Waals surface area (Å²) in [4.78, 5) is 3.70. The molecule has 1 heterocycles. The zero-order valence-electron chi connectivity index (χ0n) is 8.19. The summed E-state index contributed by atoms with van der Waals surface area (Å²) >= 11 is 1.17. The van der Waals surface area contributed by atoms with Gasteiger partial charge in [0.15, 0.2) is 5.82 Å². The van der Waals surface area contributed by atoms with E-state index in [1.165, 1.54) is 18.7 Å². The monoisotopic (exact) mass is 205 g/mol. The van der Waals surface area contributed by atoms with Gasteiger partial charge in [0.05, 0.1) is 5.69 Å². The Balaban J connectivity index is 0.000000671. The minimum absolute atomic E-state index is 0.232. The number of halogens is 2. The van der Waals surface area contributed by atoms with Crippen molar-refractivity contribution in [2.45, 2.75) is 25.8 Å². The molecule has 4 heteroatoms. The van der Waals surface area contributed by atoms with Crippen LogP contribution in [0, 0.1) is 18.6 Å². The van der Waals surface area contributed by atoms with E-state index in [4.69, 9.17) is 0 Å². The van der Waals surface area contributed by atoms with E-state index in [0.717, 1.165) is 6.07 Å². The number of rotatable bonds is 1. The molecule has 0 spiro atoms. The first kappa shape index (κ1) is 12.4. The molecule has 74 valence electrons. The van der Waals surface area contributed by atoms with E-state index in [-0.39, 0.29) is 10.7 Å². The van der Waals surface area contributed by atoms with Crippen molar-refractivity contribution in [3.63, 3.8) is 0 Å². The first-order valence-electron chi connectivity index (χ1n) is 4.01. The smallest absolute Gasteiger partial charge is 0.158 e. The predicted octanol–water partition coefficient (Wildman–Crippen LogP) is 3.42. The highest BCUT2D eigenvalue weighted by Crippen LogP contribution is 2.18. The highest BCUT2D eigenvalue weighted by atomic mass is 32.2. The fraction of sp³-hybridized carbons (Fsp3) is 0.444. The van der Waals surface area contributed by atoms with Gasteiger partial charge in [0.2, 0.25) is 0 Å². The lowest BCUT2D eigenvalue weighted by atomic mass is 10.3. The lowest BCUT2D eigenvalue weighted by molar-refractivity contribution is 0.541. The molecule has 0 unspecified atom stereocenters. The standard InChI is InChI=1S/C7H7F2NS.C2H6/c1-4-5(8)3-6(9)7(10-4)11-2;1-2/h3H,1-2H3;1-2H3. The van der Waals surface area contributed by atoms with Crippen LogP contribution in [0.5, 0.6) is 0 Å². The number of pyridine rings is 1. The summed E-state index contributed by atoms with van der Waals surface area (Å²) in [6, 6.07) is 0.855. The van der Waals surface area contributed by atoms with Gasteiger partial charge in [-0.1, -0.05) is 13.8 Å². The molecule has 1 aromatic heterocycles. The van der Waals surface area contributed by atoms with Gasteiger partial charge < -0.3 is 0 Å². The molecule has 0 aliphatic heterocycles. The summed E-state index contributed by atoms with van der Waals surface area (Å²) in [6.07, 6.45) is 1.70. The molecule has 1 rings (SSSR count). The molecule has 0 aromatic carbocycles. The maximum Gasteiger partial charge on any atom is 0.158 e. The van der Waals surface area contributed by atoms with E-state index >= 15 is 0 Å². The Kier molecular flexibility index (Phi) is 5.62. The van der Waals surface area contributed by atoms with Gasteiger partial charge in [0, 0.05) is 6.07 Å². The Hall–Kier alpha value is -0.640. The van der Waals surface area contributed by atoms with Crippen LogP contribution in [-0.4, -0.2) is 11.2 Å². The van der Waals surface area contributed by atoms with Gasteiger partial charge in [-0.15, -0.1) is 11.8 Å². The van der Waals surface area contributed by atoms with Crippen LogP contribution in [0.2, 0.25) is 0 Å². The van der Waals surface area contributed by atoms with Crippen LogP contribution >= 0.6 is 11.8 Å². The molecule has 0 aliphatic carbocycles. The zero-order valence-corrected chi connectivity index (χ0v) is 9.01. The molecular weight excluding hydrogens is 192 g/mol. The van der Waals surface area contributed by atoms with Crippen molar-refractivity contribution in [1.82, 2.24) is 4.98 Å². The Bertz CT molecular complexity index is 277. The number of nitrogens with zero attached hydrogens (tertiary/aromatic N) is 1. The molecule has 0 atom stereocenters. The van der Waals surface area contributed by atoms with E-state index in [1.54, 1.807) is 6.26 Å².